The van der Waals surface area contributed by atoms with Gasteiger partial charge in [0.25, 0.3) is 0 Å². The third-order valence-corrected chi connectivity index (χ3v) is 10.2. The Labute approximate surface area is 222 Å². The fraction of sp³-hybridized carbons (Fsp3) is 0.567. The number of carbonyl (C=O) groups is 1. The maximum Gasteiger partial charge on any atom is 0.337 e. The SMILES string of the molecule is Cc1ccc(-c2c(C)c3c(c(C)c2[C@H](OC(C)(C)C)C(=O)O)CCN(S(=O)(=O)C2CCCCC2)C3)cc1. The number of benzene rings is 2. The van der Waals surface area contributed by atoms with E-state index < -0.39 is 27.7 Å². The summed E-state index contributed by atoms with van der Waals surface area (Å²) in [6.07, 6.45) is 3.96. The Morgan fingerprint density at radius 2 is 1.62 bits per heavy atom. The van der Waals surface area contributed by atoms with E-state index in [1.807, 2.05) is 65.8 Å². The predicted octanol–water partition coefficient (Wildman–Crippen LogP) is 6.24. The molecule has 1 heterocycles. The quantitative estimate of drug-likeness (QED) is 0.481. The smallest absolute Gasteiger partial charge is 0.337 e. The lowest BCUT2D eigenvalue weighted by molar-refractivity contribution is -0.160. The lowest BCUT2D eigenvalue weighted by atomic mass is 9.80. The van der Waals surface area contributed by atoms with E-state index in [1.165, 1.54) is 0 Å². The van der Waals surface area contributed by atoms with Gasteiger partial charge in [0.2, 0.25) is 10.0 Å². The minimum Gasteiger partial charge on any atom is -0.479 e. The molecule has 1 aliphatic heterocycles. The molecule has 1 saturated carbocycles. The van der Waals surface area contributed by atoms with Gasteiger partial charge >= 0.3 is 5.97 Å². The van der Waals surface area contributed by atoms with E-state index in [9.17, 15) is 18.3 Å². The Bertz CT molecular complexity index is 1270. The number of aryl methyl sites for hydroxylation is 1. The molecule has 0 radical (unpaired) electrons. The van der Waals surface area contributed by atoms with Crippen molar-refractivity contribution in [3.8, 4) is 11.1 Å². The van der Waals surface area contributed by atoms with Crippen molar-refractivity contribution in [2.24, 2.45) is 0 Å². The second-order valence-corrected chi connectivity index (χ2v) is 13.9. The lowest BCUT2D eigenvalue weighted by Crippen LogP contribution is -2.43. The van der Waals surface area contributed by atoms with Gasteiger partial charge in [0.1, 0.15) is 0 Å². The van der Waals surface area contributed by atoms with E-state index in [0.29, 0.717) is 25.1 Å². The van der Waals surface area contributed by atoms with Gasteiger partial charge in [-0.2, -0.15) is 4.31 Å². The molecular weight excluding hydrogens is 486 g/mol. The zero-order chi connectivity index (χ0) is 27.1. The van der Waals surface area contributed by atoms with Gasteiger partial charge in [-0.25, -0.2) is 13.2 Å². The van der Waals surface area contributed by atoms with Crippen LogP contribution in [0.1, 0.15) is 92.4 Å². The molecule has 0 amide bonds. The van der Waals surface area contributed by atoms with Gasteiger partial charge in [0, 0.05) is 18.7 Å². The normalized spacial score (nSPS) is 18.4. The highest BCUT2D eigenvalue weighted by Crippen LogP contribution is 2.43. The van der Waals surface area contributed by atoms with Crippen LogP contribution < -0.4 is 0 Å². The molecule has 7 heteroatoms. The van der Waals surface area contributed by atoms with Gasteiger partial charge in [-0.3, -0.25) is 0 Å². The van der Waals surface area contributed by atoms with Gasteiger partial charge < -0.3 is 9.84 Å². The average Bonchev–Trinajstić information content (AvgIpc) is 2.85. The highest BCUT2D eigenvalue weighted by atomic mass is 32.2. The van der Waals surface area contributed by atoms with Crippen LogP contribution in [0.3, 0.4) is 0 Å². The van der Waals surface area contributed by atoms with Gasteiger partial charge in [-0.15, -0.1) is 0 Å². The number of hydrogen-bond donors (Lipinski definition) is 1. The van der Waals surface area contributed by atoms with Crippen LogP contribution in [0.5, 0.6) is 0 Å². The van der Waals surface area contributed by atoms with E-state index in [-0.39, 0.29) is 5.25 Å². The molecule has 1 N–H and O–H groups in total. The minimum atomic E-state index is -3.39. The van der Waals surface area contributed by atoms with Crippen molar-refractivity contribution in [3.05, 3.63) is 57.6 Å². The summed E-state index contributed by atoms with van der Waals surface area (Å²) in [4.78, 5) is 12.6. The molecule has 37 heavy (non-hydrogen) atoms. The highest BCUT2D eigenvalue weighted by molar-refractivity contribution is 7.89. The van der Waals surface area contributed by atoms with Crippen molar-refractivity contribution in [1.82, 2.24) is 4.31 Å². The second-order valence-electron chi connectivity index (χ2n) is 11.7. The number of nitrogens with zero attached hydrogens (tertiary/aromatic N) is 1. The molecule has 0 aromatic heterocycles. The monoisotopic (exact) mass is 527 g/mol. The fourth-order valence-corrected chi connectivity index (χ4v) is 8.00. The van der Waals surface area contributed by atoms with E-state index >= 15 is 0 Å². The average molecular weight is 528 g/mol. The zero-order valence-electron chi connectivity index (χ0n) is 23.1. The Balaban J connectivity index is 1.88. The molecular formula is C30H41NO5S. The zero-order valence-corrected chi connectivity index (χ0v) is 23.9. The van der Waals surface area contributed by atoms with Crippen LogP contribution in [0.25, 0.3) is 11.1 Å². The molecule has 0 unspecified atom stereocenters. The first-order chi connectivity index (χ1) is 17.3. The molecule has 0 bridgehead atoms. The summed E-state index contributed by atoms with van der Waals surface area (Å²) in [5.74, 6) is -1.02. The summed E-state index contributed by atoms with van der Waals surface area (Å²) in [7, 11) is -3.39. The van der Waals surface area contributed by atoms with Crippen LogP contribution in [0, 0.1) is 20.8 Å². The van der Waals surface area contributed by atoms with E-state index in [0.717, 1.165) is 71.0 Å². The third kappa shape index (κ3) is 5.64. The first-order valence-electron chi connectivity index (χ1n) is 13.4. The molecule has 0 saturated heterocycles. The number of aliphatic carboxylic acids is 1. The summed E-state index contributed by atoms with van der Waals surface area (Å²) < 4.78 is 35.0. The largest absolute Gasteiger partial charge is 0.479 e. The molecule has 4 rings (SSSR count). The number of carboxylic acids is 1. The Hall–Kier alpha value is -2.22. The second kappa shape index (κ2) is 10.5. The standard InChI is InChI=1S/C30H41NO5S/c1-19-12-14-22(15-13-19)26-21(3)25-18-31(37(34,35)23-10-8-7-9-11-23)17-16-24(25)20(2)27(26)28(29(32)33)36-30(4,5)6/h12-15,23,28H,7-11,16-18H2,1-6H3,(H,32,33)/t28-/m0/s1. The van der Waals surface area contributed by atoms with Crippen LogP contribution in [0.15, 0.2) is 24.3 Å². The number of ether oxygens (including phenoxy) is 1. The van der Waals surface area contributed by atoms with Gasteiger partial charge in [-0.05, 0) is 94.2 Å². The third-order valence-electron chi connectivity index (χ3n) is 7.90. The van der Waals surface area contributed by atoms with Gasteiger partial charge in [0.05, 0.1) is 10.9 Å². The minimum absolute atomic E-state index is 0.295. The van der Waals surface area contributed by atoms with E-state index in [1.54, 1.807) is 4.31 Å². The Morgan fingerprint density at radius 3 is 2.19 bits per heavy atom. The number of rotatable bonds is 6. The first kappa shape index (κ1) is 27.8. The first-order valence-corrected chi connectivity index (χ1v) is 14.9. The molecule has 2 aliphatic rings. The number of sulfonamides is 1. The maximum atomic E-state index is 13.6. The van der Waals surface area contributed by atoms with Crippen LogP contribution in [0.2, 0.25) is 0 Å². The molecule has 0 spiro atoms. The molecule has 1 atom stereocenters. The molecule has 2 aromatic carbocycles. The molecule has 2 aromatic rings. The number of fused-ring (bicyclic) bond motifs is 1. The van der Waals surface area contributed by atoms with Crippen LogP contribution in [0.4, 0.5) is 0 Å². The van der Waals surface area contributed by atoms with Crippen LogP contribution in [-0.2, 0) is 32.5 Å². The van der Waals surface area contributed by atoms with Crippen LogP contribution in [-0.4, -0.2) is 41.2 Å². The lowest BCUT2D eigenvalue weighted by Gasteiger charge is -2.36. The van der Waals surface area contributed by atoms with Crippen molar-refractivity contribution in [3.63, 3.8) is 0 Å². The fourth-order valence-electron chi connectivity index (χ4n) is 6.00. The summed E-state index contributed by atoms with van der Waals surface area (Å²) in [6, 6.07) is 8.08. The van der Waals surface area contributed by atoms with Crippen molar-refractivity contribution < 1.29 is 23.1 Å². The molecule has 202 valence electrons. The van der Waals surface area contributed by atoms with Crippen molar-refractivity contribution in [2.45, 2.75) is 104 Å². The highest BCUT2D eigenvalue weighted by Gasteiger charge is 2.38. The summed E-state index contributed by atoms with van der Waals surface area (Å²) in [5.41, 5.74) is 6.77. The maximum absolute atomic E-state index is 13.6. The summed E-state index contributed by atoms with van der Waals surface area (Å²) >= 11 is 0. The van der Waals surface area contributed by atoms with Gasteiger partial charge in [0.15, 0.2) is 6.10 Å². The predicted molar refractivity (Wildman–Crippen MR) is 147 cm³/mol. The van der Waals surface area contributed by atoms with Crippen molar-refractivity contribution in [1.29, 1.82) is 0 Å². The topological polar surface area (TPSA) is 83.9 Å². The number of hydrogen-bond acceptors (Lipinski definition) is 4. The Morgan fingerprint density at radius 1 is 1.00 bits per heavy atom. The molecule has 1 fully saturated rings. The molecule has 1 aliphatic carbocycles. The summed E-state index contributed by atoms with van der Waals surface area (Å²) in [6.45, 7) is 12.3. The van der Waals surface area contributed by atoms with Crippen molar-refractivity contribution >= 4 is 16.0 Å². The van der Waals surface area contributed by atoms with E-state index in [4.69, 9.17) is 4.74 Å². The van der Waals surface area contributed by atoms with E-state index in [2.05, 4.69) is 0 Å². The van der Waals surface area contributed by atoms with Crippen LogP contribution >= 0.6 is 0 Å². The molecule has 6 nitrogen and oxygen atoms in total. The van der Waals surface area contributed by atoms with Gasteiger partial charge in [-0.1, -0.05) is 49.1 Å². The number of carboxylic acid groups (broad SMARTS) is 1. The Kier molecular flexibility index (Phi) is 7.89. The van der Waals surface area contributed by atoms with Crippen molar-refractivity contribution in [2.75, 3.05) is 6.54 Å². The summed E-state index contributed by atoms with van der Waals surface area (Å²) in [5, 5.41) is 10.0.